The first kappa shape index (κ1) is 10.7. The van der Waals surface area contributed by atoms with Crippen LogP contribution < -0.4 is 5.73 Å². The van der Waals surface area contributed by atoms with E-state index in [4.69, 9.17) is 10.2 Å². The Balaban J connectivity index is 2.13. The summed E-state index contributed by atoms with van der Waals surface area (Å²) < 4.78 is 32.6. The number of hydrogen-bond donors (Lipinski definition) is 1. The minimum atomic E-state index is -2.67. The second-order valence-corrected chi connectivity index (χ2v) is 4.61. The van der Waals surface area contributed by atoms with Gasteiger partial charge in [-0.2, -0.15) is 0 Å². The smallest absolute Gasteiger partial charge is 0.260 e. The van der Waals surface area contributed by atoms with Gasteiger partial charge in [-0.15, -0.1) is 0 Å². The lowest BCUT2D eigenvalue weighted by Crippen LogP contribution is -2.06. The number of benzene rings is 1. The first-order valence-corrected chi connectivity index (χ1v) is 5.62. The van der Waals surface area contributed by atoms with Gasteiger partial charge in [-0.1, -0.05) is 12.1 Å². The highest BCUT2D eigenvalue weighted by Gasteiger charge is 2.68. The van der Waals surface area contributed by atoms with Gasteiger partial charge in [-0.25, -0.2) is 8.78 Å². The maximum absolute atomic E-state index is 13.6. The first-order valence-electron chi connectivity index (χ1n) is 5.62. The molecule has 90 valence electrons. The predicted molar refractivity (Wildman–Crippen MR) is 61.2 cm³/mol. The van der Waals surface area contributed by atoms with E-state index in [9.17, 15) is 8.78 Å². The predicted octanol–water partition coefficient (Wildman–Crippen LogP) is 3.05. The van der Waals surface area contributed by atoms with E-state index in [1.807, 2.05) is 13.0 Å². The zero-order valence-corrected chi connectivity index (χ0v) is 9.41. The Morgan fingerprint density at radius 3 is 2.82 bits per heavy atom. The lowest BCUT2D eigenvalue weighted by atomic mass is 10.0. The molecule has 2 nitrogen and oxygen atoms in total. The summed E-state index contributed by atoms with van der Waals surface area (Å²) in [4.78, 5) is 0. The van der Waals surface area contributed by atoms with E-state index >= 15 is 0 Å². The molecule has 0 aliphatic heterocycles. The van der Waals surface area contributed by atoms with Crippen molar-refractivity contribution in [1.82, 2.24) is 0 Å². The van der Waals surface area contributed by atoms with Gasteiger partial charge in [0, 0.05) is 17.8 Å². The first-order chi connectivity index (χ1) is 8.05. The van der Waals surface area contributed by atoms with E-state index in [-0.39, 0.29) is 6.54 Å². The van der Waals surface area contributed by atoms with Crippen LogP contribution in [0.2, 0.25) is 0 Å². The molecule has 0 radical (unpaired) electrons. The Hall–Kier alpha value is -1.42. The summed E-state index contributed by atoms with van der Waals surface area (Å²) in [6.45, 7) is 1.83. The van der Waals surface area contributed by atoms with Crippen LogP contribution in [0.5, 0.6) is 0 Å². The van der Waals surface area contributed by atoms with Gasteiger partial charge in [0.05, 0.1) is 5.92 Å². The van der Waals surface area contributed by atoms with Gasteiger partial charge in [0.15, 0.2) is 0 Å². The van der Waals surface area contributed by atoms with Gasteiger partial charge >= 0.3 is 0 Å². The summed E-state index contributed by atoms with van der Waals surface area (Å²) in [5.41, 5.74) is 6.70. The molecule has 0 saturated heterocycles. The van der Waals surface area contributed by atoms with Crippen LogP contribution in [0.4, 0.5) is 8.78 Å². The van der Waals surface area contributed by atoms with Crippen molar-refractivity contribution in [3.8, 4) is 0 Å². The summed E-state index contributed by atoms with van der Waals surface area (Å²) in [7, 11) is 0. The van der Waals surface area contributed by atoms with Gasteiger partial charge in [0.1, 0.15) is 11.3 Å². The van der Waals surface area contributed by atoms with Crippen LogP contribution >= 0.6 is 0 Å². The maximum Gasteiger partial charge on any atom is 0.260 e. The van der Waals surface area contributed by atoms with Crippen LogP contribution in [0.15, 0.2) is 28.7 Å². The zero-order chi connectivity index (χ0) is 12.2. The van der Waals surface area contributed by atoms with E-state index < -0.39 is 17.8 Å². The summed E-state index contributed by atoms with van der Waals surface area (Å²) in [5, 5.41) is 0.783. The molecule has 0 spiro atoms. The van der Waals surface area contributed by atoms with Crippen LogP contribution in [0.3, 0.4) is 0 Å². The average molecular weight is 237 g/mol. The van der Waals surface area contributed by atoms with Crippen LogP contribution in [0.25, 0.3) is 11.0 Å². The fourth-order valence-corrected chi connectivity index (χ4v) is 2.59. The number of fused-ring (bicyclic) bond motifs is 1. The molecule has 2 N–H and O–H groups in total. The molecule has 1 fully saturated rings. The topological polar surface area (TPSA) is 39.2 Å². The third-order valence-corrected chi connectivity index (χ3v) is 3.51. The van der Waals surface area contributed by atoms with Crippen molar-refractivity contribution in [1.29, 1.82) is 0 Å². The zero-order valence-electron chi connectivity index (χ0n) is 9.41. The fourth-order valence-electron chi connectivity index (χ4n) is 2.59. The largest absolute Gasteiger partial charge is 0.461 e. The second kappa shape index (κ2) is 3.29. The Morgan fingerprint density at radius 1 is 1.41 bits per heavy atom. The molecule has 1 aliphatic carbocycles. The van der Waals surface area contributed by atoms with Gasteiger partial charge < -0.3 is 10.2 Å². The molecule has 2 aromatic rings. The lowest BCUT2D eigenvalue weighted by Gasteiger charge is -2.00. The number of halogens is 2. The number of nitrogens with two attached hydrogens (primary N) is 1. The van der Waals surface area contributed by atoms with Crippen molar-refractivity contribution >= 4 is 11.0 Å². The second-order valence-electron chi connectivity index (χ2n) is 4.61. The van der Waals surface area contributed by atoms with Crippen LogP contribution in [0.1, 0.15) is 17.2 Å². The van der Waals surface area contributed by atoms with E-state index in [0.717, 1.165) is 11.1 Å². The summed E-state index contributed by atoms with van der Waals surface area (Å²) in [5.74, 6) is -3.42. The molecule has 1 aliphatic rings. The van der Waals surface area contributed by atoms with E-state index in [1.165, 1.54) is 0 Å². The molecule has 1 aromatic carbocycles. The summed E-state index contributed by atoms with van der Waals surface area (Å²) in [6.07, 6.45) is 0. The van der Waals surface area contributed by atoms with Crippen molar-refractivity contribution in [2.24, 2.45) is 11.7 Å². The van der Waals surface area contributed by atoms with Crippen molar-refractivity contribution in [3.05, 3.63) is 35.6 Å². The summed E-state index contributed by atoms with van der Waals surface area (Å²) >= 11 is 0. The molecule has 0 bridgehead atoms. The third-order valence-electron chi connectivity index (χ3n) is 3.51. The van der Waals surface area contributed by atoms with Crippen molar-refractivity contribution in [3.63, 3.8) is 0 Å². The maximum atomic E-state index is 13.6. The van der Waals surface area contributed by atoms with E-state index in [2.05, 4.69) is 0 Å². The number of alkyl halides is 2. The molecule has 17 heavy (non-hydrogen) atoms. The van der Waals surface area contributed by atoms with Gasteiger partial charge in [0.25, 0.3) is 5.92 Å². The molecule has 2 unspecified atom stereocenters. The van der Waals surface area contributed by atoms with E-state index in [1.54, 1.807) is 18.2 Å². The third kappa shape index (κ3) is 1.40. The van der Waals surface area contributed by atoms with Crippen LogP contribution in [-0.4, -0.2) is 12.5 Å². The molecule has 1 saturated carbocycles. The van der Waals surface area contributed by atoms with Crippen LogP contribution in [-0.2, 0) is 0 Å². The van der Waals surface area contributed by atoms with Crippen molar-refractivity contribution in [2.75, 3.05) is 6.54 Å². The highest BCUT2D eigenvalue weighted by atomic mass is 19.3. The van der Waals surface area contributed by atoms with E-state index in [0.29, 0.717) is 11.1 Å². The van der Waals surface area contributed by atoms with Gasteiger partial charge in [0.2, 0.25) is 0 Å². The summed E-state index contributed by atoms with van der Waals surface area (Å²) in [6, 6.07) is 7.10. The minimum Gasteiger partial charge on any atom is -0.461 e. The Labute approximate surface area is 97.4 Å². The highest BCUT2D eigenvalue weighted by molar-refractivity contribution is 5.83. The highest BCUT2D eigenvalue weighted by Crippen LogP contribution is 2.62. The SMILES string of the molecule is Cc1cc2c(C3C(CN)C3(F)F)cccc2o1. The van der Waals surface area contributed by atoms with Crippen LogP contribution in [0, 0.1) is 12.8 Å². The molecular formula is C13H13F2NO. The Kier molecular flexibility index (Phi) is 2.08. The van der Waals surface area contributed by atoms with Crippen molar-refractivity contribution < 1.29 is 13.2 Å². The molecular weight excluding hydrogens is 224 g/mol. The molecule has 4 heteroatoms. The van der Waals surface area contributed by atoms with Gasteiger partial charge in [-0.05, 0) is 24.6 Å². The monoisotopic (exact) mass is 237 g/mol. The standard InChI is InChI=1S/C13H13F2NO/c1-7-5-9-8(3-2-4-11(9)17-7)12-10(6-16)13(12,14)15/h2-5,10,12H,6,16H2,1H3. The molecule has 2 atom stereocenters. The Bertz CT molecular complexity index is 576. The molecule has 1 heterocycles. The fraction of sp³-hybridized carbons (Fsp3) is 0.385. The molecule has 1 aromatic heterocycles. The minimum absolute atomic E-state index is 0.0187. The molecule has 3 rings (SSSR count). The normalized spacial score (nSPS) is 26.4. The number of furan rings is 1. The molecule has 0 amide bonds. The van der Waals surface area contributed by atoms with Gasteiger partial charge in [-0.3, -0.25) is 0 Å². The van der Waals surface area contributed by atoms with Crippen molar-refractivity contribution in [2.45, 2.75) is 18.8 Å². The Morgan fingerprint density at radius 2 is 2.18 bits per heavy atom. The number of hydrogen-bond acceptors (Lipinski definition) is 2. The lowest BCUT2D eigenvalue weighted by molar-refractivity contribution is 0.0948. The average Bonchev–Trinajstić information content (AvgIpc) is 2.64. The number of aryl methyl sites for hydroxylation is 1. The number of rotatable bonds is 2. The quantitative estimate of drug-likeness (QED) is 0.871.